The molecule has 1 saturated heterocycles. The summed E-state index contributed by atoms with van der Waals surface area (Å²) in [6.45, 7) is 6.05. The minimum atomic E-state index is -0.356. The summed E-state index contributed by atoms with van der Waals surface area (Å²) in [5.74, 6) is -0.269. The second-order valence-corrected chi connectivity index (χ2v) is 8.33. The number of halogens is 1. The highest BCUT2D eigenvalue weighted by Gasteiger charge is 2.21. The third-order valence-corrected chi connectivity index (χ3v) is 5.35. The summed E-state index contributed by atoms with van der Waals surface area (Å²) >= 11 is 0. The summed E-state index contributed by atoms with van der Waals surface area (Å²) < 4.78 is 18.9. The zero-order valence-electron chi connectivity index (χ0n) is 18.8. The third kappa shape index (κ3) is 6.68. The van der Waals surface area contributed by atoms with Crippen LogP contribution in [0.3, 0.4) is 0 Å². The summed E-state index contributed by atoms with van der Waals surface area (Å²) in [6, 6.07) is 11.7. The minimum Gasteiger partial charge on any atom is -0.494 e. The molecule has 1 aliphatic rings. The molecule has 0 spiro atoms. The Morgan fingerprint density at radius 2 is 1.91 bits per heavy atom. The van der Waals surface area contributed by atoms with Gasteiger partial charge in [0, 0.05) is 43.0 Å². The number of urea groups is 1. The number of hydrogen-bond acceptors (Lipinski definition) is 4. The molecule has 0 aliphatic carbocycles. The molecule has 2 aromatic carbocycles. The number of nitrogens with one attached hydrogen (secondary N) is 3. The molecule has 0 unspecified atom stereocenters. The topological polar surface area (TPSA) is 82.7 Å². The fourth-order valence-electron chi connectivity index (χ4n) is 3.74. The summed E-state index contributed by atoms with van der Waals surface area (Å²) in [7, 11) is 1.45. The van der Waals surface area contributed by atoms with Crippen molar-refractivity contribution in [2.24, 2.45) is 0 Å². The van der Waals surface area contributed by atoms with Crippen molar-refractivity contribution in [2.45, 2.75) is 45.3 Å². The van der Waals surface area contributed by atoms with Gasteiger partial charge in [0.2, 0.25) is 0 Å². The van der Waals surface area contributed by atoms with Gasteiger partial charge in [0.15, 0.2) is 11.6 Å². The molecular formula is C24H31FN4O3. The van der Waals surface area contributed by atoms with Crippen LogP contribution in [0.25, 0.3) is 0 Å². The lowest BCUT2D eigenvalue weighted by Gasteiger charge is -2.32. The Hall–Kier alpha value is -3.13. The predicted octanol–water partition coefficient (Wildman–Crippen LogP) is 3.76. The van der Waals surface area contributed by atoms with Crippen molar-refractivity contribution < 1.29 is 18.7 Å². The van der Waals surface area contributed by atoms with Gasteiger partial charge in [0.05, 0.1) is 7.11 Å². The van der Waals surface area contributed by atoms with E-state index in [1.54, 1.807) is 30.3 Å². The van der Waals surface area contributed by atoms with E-state index in [0.717, 1.165) is 31.5 Å². The monoisotopic (exact) mass is 442 g/mol. The van der Waals surface area contributed by atoms with Gasteiger partial charge in [-0.3, -0.25) is 9.69 Å². The highest BCUT2D eigenvalue weighted by atomic mass is 19.1. The van der Waals surface area contributed by atoms with Gasteiger partial charge >= 0.3 is 6.03 Å². The van der Waals surface area contributed by atoms with E-state index in [2.05, 4.69) is 20.9 Å². The number of anilines is 1. The van der Waals surface area contributed by atoms with Gasteiger partial charge < -0.3 is 20.7 Å². The van der Waals surface area contributed by atoms with Crippen LogP contribution < -0.4 is 20.7 Å². The standard InChI is InChI=1S/C24H31FN4O3/c1-16(2)26-24(31)28-20-6-4-5-18(14-20)23(30)27-19-9-11-29(12-10-19)15-17-7-8-22(32-3)21(25)13-17/h4-8,13-14,16,19H,9-12,15H2,1-3H3,(H,27,30)(H2,26,28,31). The van der Waals surface area contributed by atoms with E-state index in [1.165, 1.54) is 13.2 Å². The molecule has 3 N–H and O–H groups in total. The fourth-order valence-corrected chi connectivity index (χ4v) is 3.74. The maximum atomic E-state index is 13.9. The largest absolute Gasteiger partial charge is 0.494 e. The average Bonchev–Trinajstić information content (AvgIpc) is 2.75. The van der Waals surface area contributed by atoms with Crippen LogP contribution in [0.4, 0.5) is 14.9 Å². The number of hydrogen-bond donors (Lipinski definition) is 3. The zero-order valence-corrected chi connectivity index (χ0v) is 18.8. The van der Waals surface area contributed by atoms with E-state index in [1.807, 2.05) is 19.9 Å². The second kappa shape index (κ2) is 10.9. The molecular weight excluding hydrogens is 411 g/mol. The lowest BCUT2D eigenvalue weighted by Crippen LogP contribution is -2.44. The molecule has 3 rings (SSSR count). The first kappa shape index (κ1) is 23.5. The number of methoxy groups -OCH3 is 1. The number of carbonyl (C=O) groups excluding carboxylic acids is 2. The molecule has 0 saturated carbocycles. The van der Waals surface area contributed by atoms with Gasteiger partial charge in [0.1, 0.15) is 0 Å². The number of piperidine rings is 1. The van der Waals surface area contributed by atoms with Gasteiger partial charge in [-0.05, 0) is 62.6 Å². The van der Waals surface area contributed by atoms with Crippen molar-refractivity contribution >= 4 is 17.6 Å². The van der Waals surface area contributed by atoms with Crippen LogP contribution in [0.15, 0.2) is 42.5 Å². The quantitative estimate of drug-likeness (QED) is 0.610. The van der Waals surface area contributed by atoms with Crippen molar-refractivity contribution in [1.82, 2.24) is 15.5 Å². The van der Waals surface area contributed by atoms with Crippen LogP contribution in [0.2, 0.25) is 0 Å². The molecule has 32 heavy (non-hydrogen) atoms. The molecule has 2 aromatic rings. The van der Waals surface area contributed by atoms with Crippen LogP contribution in [-0.4, -0.2) is 49.1 Å². The van der Waals surface area contributed by atoms with Crippen molar-refractivity contribution in [3.05, 3.63) is 59.4 Å². The van der Waals surface area contributed by atoms with E-state index < -0.39 is 0 Å². The summed E-state index contributed by atoms with van der Waals surface area (Å²) in [5, 5.41) is 8.58. The Bertz CT molecular complexity index is 943. The van der Waals surface area contributed by atoms with Gasteiger partial charge in [-0.25, -0.2) is 9.18 Å². The predicted molar refractivity (Wildman–Crippen MR) is 122 cm³/mol. The van der Waals surface area contributed by atoms with E-state index in [-0.39, 0.29) is 35.6 Å². The van der Waals surface area contributed by atoms with Gasteiger partial charge in [-0.1, -0.05) is 12.1 Å². The minimum absolute atomic E-state index is 0.0242. The summed E-state index contributed by atoms with van der Waals surface area (Å²) in [6.07, 6.45) is 1.64. The van der Waals surface area contributed by atoms with Crippen LogP contribution in [0, 0.1) is 5.82 Å². The van der Waals surface area contributed by atoms with Crippen LogP contribution in [0.5, 0.6) is 5.75 Å². The molecule has 172 valence electrons. The Balaban J connectivity index is 1.48. The fraction of sp³-hybridized carbons (Fsp3) is 0.417. The third-order valence-electron chi connectivity index (χ3n) is 5.35. The van der Waals surface area contributed by atoms with Crippen molar-refractivity contribution in [3.8, 4) is 5.75 Å². The number of benzene rings is 2. The maximum Gasteiger partial charge on any atom is 0.319 e. The van der Waals surface area contributed by atoms with Crippen LogP contribution >= 0.6 is 0 Å². The van der Waals surface area contributed by atoms with Gasteiger partial charge in [-0.15, -0.1) is 0 Å². The molecule has 0 radical (unpaired) electrons. The highest BCUT2D eigenvalue weighted by Crippen LogP contribution is 2.20. The van der Waals surface area contributed by atoms with Crippen molar-refractivity contribution in [1.29, 1.82) is 0 Å². The van der Waals surface area contributed by atoms with E-state index >= 15 is 0 Å². The maximum absolute atomic E-state index is 13.9. The first-order valence-electron chi connectivity index (χ1n) is 10.9. The van der Waals surface area contributed by atoms with E-state index in [4.69, 9.17) is 4.74 Å². The lowest BCUT2D eigenvalue weighted by molar-refractivity contribution is 0.0909. The number of amides is 3. The number of carbonyl (C=O) groups is 2. The summed E-state index contributed by atoms with van der Waals surface area (Å²) in [5.41, 5.74) is 1.97. The number of ether oxygens (including phenoxy) is 1. The smallest absolute Gasteiger partial charge is 0.319 e. The van der Waals surface area contributed by atoms with E-state index in [0.29, 0.717) is 17.8 Å². The highest BCUT2D eigenvalue weighted by molar-refractivity contribution is 5.97. The zero-order chi connectivity index (χ0) is 23.1. The Morgan fingerprint density at radius 3 is 2.56 bits per heavy atom. The molecule has 1 heterocycles. The number of likely N-dealkylation sites (tertiary alicyclic amines) is 1. The number of rotatable bonds is 7. The lowest BCUT2D eigenvalue weighted by atomic mass is 10.0. The van der Waals surface area contributed by atoms with Gasteiger partial charge in [0.25, 0.3) is 5.91 Å². The Labute approximate surface area is 188 Å². The van der Waals surface area contributed by atoms with Crippen LogP contribution in [0.1, 0.15) is 42.6 Å². The summed E-state index contributed by atoms with van der Waals surface area (Å²) in [4.78, 5) is 26.8. The van der Waals surface area contributed by atoms with Crippen molar-refractivity contribution in [2.75, 3.05) is 25.5 Å². The molecule has 7 nitrogen and oxygen atoms in total. The second-order valence-electron chi connectivity index (χ2n) is 8.33. The van der Waals surface area contributed by atoms with Crippen molar-refractivity contribution in [3.63, 3.8) is 0 Å². The Morgan fingerprint density at radius 1 is 1.16 bits per heavy atom. The number of nitrogens with zero attached hydrogens (tertiary/aromatic N) is 1. The Kier molecular flexibility index (Phi) is 8.05. The molecule has 1 fully saturated rings. The first-order chi connectivity index (χ1) is 15.3. The average molecular weight is 443 g/mol. The van der Waals surface area contributed by atoms with Gasteiger partial charge in [-0.2, -0.15) is 0 Å². The van der Waals surface area contributed by atoms with Crippen LogP contribution in [-0.2, 0) is 6.54 Å². The molecule has 8 heteroatoms. The first-order valence-corrected chi connectivity index (χ1v) is 10.9. The molecule has 0 atom stereocenters. The SMILES string of the molecule is COc1ccc(CN2CCC(NC(=O)c3cccc(NC(=O)NC(C)C)c3)CC2)cc1F. The molecule has 1 aliphatic heterocycles. The molecule has 0 aromatic heterocycles. The molecule has 0 bridgehead atoms. The van der Waals surface area contributed by atoms with E-state index in [9.17, 15) is 14.0 Å². The molecule has 3 amide bonds. The normalized spacial score (nSPS) is 14.8.